The van der Waals surface area contributed by atoms with Gasteiger partial charge < -0.3 is 0 Å². The Balaban J connectivity index is 2.77. The van der Waals surface area contributed by atoms with Gasteiger partial charge in [0.1, 0.15) is 5.15 Å². The number of aryl methyl sites for hydroxylation is 2. The molecule has 0 aliphatic carbocycles. The maximum Gasteiger partial charge on any atom is 0.334 e. The number of aromatic amines is 1. The van der Waals surface area contributed by atoms with Gasteiger partial charge in [-0.2, -0.15) is 5.10 Å². The molecule has 2 rings (SSSR count). The summed E-state index contributed by atoms with van der Waals surface area (Å²) < 4.78 is 2.59. The first-order valence-corrected chi connectivity index (χ1v) is 5.45. The first-order valence-electron chi connectivity index (χ1n) is 5.07. The Bertz CT molecular complexity index is 636. The number of nitrogens with one attached hydrogen (secondary N) is 1. The van der Waals surface area contributed by atoms with Crippen LogP contribution in [-0.2, 0) is 13.5 Å². The zero-order valence-corrected chi connectivity index (χ0v) is 10.2. The zero-order chi connectivity index (χ0) is 12.6. The van der Waals surface area contributed by atoms with Gasteiger partial charge in [-0.25, -0.2) is 9.36 Å². The van der Waals surface area contributed by atoms with Gasteiger partial charge in [-0.1, -0.05) is 18.5 Å². The Labute approximate surface area is 101 Å². The number of hydrogen-bond acceptors (Lipinski definition) is 3. The first-order chi connectivity index (χ1) is 8.02. The van der Waals surface area contributed by atoms with Gasteiger partial charge in [-0.3, -0.25) is 14.5 Å². The van der Waals surface area contributed by atoms with Crippen LogP contribution in [0.5, 0.6) is 0 Å². The van der Waals surface area contributed by atoms with E-state index in [1.165, 1.54) is 0 Å². The Morgan fingerprint density at radius 3 is 2.76 bits per heavy atom. The SMILES string of the molecule is CCc1nn(C)cc1-n1c(=O)cc(Cl)[nH]c1=O. The Morgan fingerprint density at radius 2 is 2.18 bits per heavy atom. The third-order valence-corrected chi connectivity index (χ3v) is 2.56. The van der Waals surface area contributed by atoms with Crippen LogP contribution in [0.15, 0.2) is 21.9 Å². The van der Waals surface area contributed by atoms with Crippen LogP contribution in [0.25, 0.3) is 5.69 Å². The number of halogens is 1. The van der Waals surface area contributed by atoms with Crippen molar-refractivity contribution >= 4 is 11.6 Å². The summed E-state index contributed by atoms with van der Waals surface area (Å²) in [5.74, 6) is 0. The van der Waals surface area contributed by atoms with E-state index in [9.17, 15) is 9.59 Å². The molecule has 0 spiro atoms. The second-order valence-electron chi connectivity index (χ2n) is 3.58. The molecule has 2 aromatic heterocycles. The molecule has 2 heterocycles. The van der Waals surface area contributed by atoms with Gasteiger partial charge in [0.2, 0.25) is 0 Å². The van der Waals surface area contributed by atoms with Crippen LogP contribution < -0.4 is 11.2 Å². The summed E-state index contributed by atoms with van der Waals surface area (Å²) in [5, 5.41) is 4.21. The average Bonchev–Trinajstić information content (AvgIpc) is 2.58. The Morgan fingerprint density at radius 1 is 1.47 bits per heavy atom. The van der Waals surface area contributed by atoms with E-state index in [1.54, 1.807) is 17.9 Å². The van der Waals surface area contributed by atoms with Crippen molar-refractivity contribution < 1.29 is 0 Å². The lowest BCUT2D eigenvalue weighted by atomic mass is 10.3. The minimum atomic E-state index is -0.565. The van der Waals surface area contributed by atoms with Crippen molar-refractivity contribution in [1.29, 1.82) is 0 Å². The molecule has 0 saturated heterocycles. The number of rotatable bonds is 2. The molecule has 0 aliphatic rings. The minimum absolute atomic E-state index is 0.0261. The molecule has 0 atom stereocenters. The minimum Gasteiger partial charge on any atom is -0.297 e. The lowest BCUT2D eigenvalue weighted by Crippen LogP contribution is -2.33. The van der Waals surface area contributed by atoms with Crippen LogP contribution in [0, 0.1) is 0 Å². The number of hydrogen-bond donors (Lipinski definition) is 1. The van der Waals surface area contributed by atoms with Crippen molar-refractivity contribution in [2.45, 2.75) is 13.3 Å². The second kappa shape index (κ2) is 4.21. The van der Waals surface area contributed by atoms with Crippen LogP contribution in [0.2, 0.25) is 5.15 Å². The topological polar surface area (TPSA) is 72.7 Å². The average molecular weight is 255 g/mol. The van der Waals surface area contributed by atoms with E-state index in [1.807, 2.05) is 6.92 Å². The lowest BCUT2D eigenvalue weighted by molar-refractivity contribution is 0.746. The molecule has 0 radical (unpaired) electrons. The van der Waals surface area contributed by atoms with E-state index in [-0.39, 0.29) is 5.15 Å². The highest BCUT2D eigenvalue weighted by Crippen LogP contribution is 2.09. The van der Waals surface area contributed by atoms with Crippen molar-refractivity contribution in [2.75, 3.05) is 0 Å². The van der Waals surface area contributed by atoms with Gasteiger partial charge in [-0.15, -0.1) is 0 Å². The highest BCUT2D eigenvalue weighted by atomic mass is 35.5. The van der Waals surface area contributed by atoms with E-state index in [2.05, 4.69) is 10.1 Å². The molecule has 0 saturated carbocycles. The molecule has 0 unspecified atom stereocenters. The predicted octanol–water partition coefficient (Wildman–Crippen LogP) is 0.475. The van der Waals surface area contributed by atoms with Crippen LogP contribution in [0.4, 0.5) is 0 Å². The molecule has 0 aromatic carbocycles. The lowest BCUT2D eigenvalue weighted by Gasteiger charge is -2.02. The van der Waals surface area contributed by atoms with E-state index in [0.717, 1.165) is 10.6 Å². The first kappa shape index (κ1) is 11.7. The zero-order valence-electron chi connectivity index (χ0n) is 9.40. The summed E-state index contributed by atoms with van der Waals surface area (Å²) in [5.41, 5.74) is 0.131. The molecule has 7 heteroatoms. The third-order valence-electron chi connectivity index (χ3n) is 2.36. The van der Waals surface area contributed by atoms with E-state index >= 15 is 0 Å². The fourth-order valence-corrected chi connectivity index (χ4v) is 1.83. The number of aromatic nitrogens is 4. The van der Waals surface area contributed by atoms with Crippen molar-refractivity contribution in [2.24, 2.45) is 7.05 Å². The van der Waals surface area contributed by atoms with Crippen molar-refractivity contribution in [3.63, 3.8) is 0 Å². The van der Waals surface area contributed by atoms with Crippen LogP contribution in [0.3, 0.4) is 0 Å². The third kappa shape index (κ3) is 2.03. The van der Waals surface area contributed by atoms with E-state index in [0.29, 0.717) is 17.8 Å². The Kier molecular flexibility index (Phi) is 2.89. The summed E-state index contributed by atoms with van der Waals surface area (Å²) in [6.07, 6.45) is 2.26. The fourth-order valence-electron chi connectivity index (χ4n) is 1.66. The monoisotopic (exact) mass is 254 g/mol. The molecular formula is C10H11ClN4O2. The van der Waals surface area contributed by atoms with Gasteiger partial charge in [0.05, 0.1) is 11.4 Å². The van der Waals surface area contributed by atoms with E-state index < -0.39 is 11.2 Å². The molecular weight excluding hydrogens is 244 g/mol. The maximum atomic E-state index is 11.8. The van der Waals surface area contributed by atoms with Crippen LogP contribution in [-0.4, -0.2) is 19.3 Å². The van der Waals surface area contributed by atoms with E-state index in [4.69, 9.17) is 11.6 Å². The molecule has 17 heavy (non-hydrogen) atoms. The summed E-state index contributed by atoms with van der Waals surface area (Å²) >= 11 is 5.60. The summed E-state index contributed by atoms with van der Waals surface area (Å²) in [7, 11) is 1.73. The highest BCUT2D eigenvalue weighted by Gasteiger charge is 2.12. The molecule has 0 fully saturated rings. The smallest absolute Gasteiger partial charge is 0.297 e. The standard InChI is InChI=1S/C10H11ClN4O2/c1-3-6-7(5-14(2)13-6)15-9(16)4-8(11)12-10(15)17/h4-5H,3H2,1-2H3,(H,12,17). The second-order valence-corrected chi connectivity index (χ2v) is 3.99. The molecule has 0 bridgehead atoms. The predicted molar refractivity (Wildman–Crippen MR) is 63.8 cm³/mol. The molecule has 0 aliphatic heterocycles. The normalized spacial score (nSPS) is 10.8. The largest absolute Gasteiger partial charge is 0.334 e. The van der Waals surface area contributed by atoms with Gasteiger partial charge in [0.15, 0.2) is 0 Å². The Hall–Kier alpha value is -1.82. The summed E-state index contributed by atoms with van der Waals surface area (Å²) in [6.45, 7) is 1.90. The molecule has 2 aromatic rings. The fraction of sp³-hybridized carbons (Fsp3) is 0.300. The number of nitrogens with zero attached hydrogens (tertiary/aromatic N) is 3. The highest BCUT2D eigenvalue weighted by molar-refractivity contribution is 6.29. The van der Waals surface area contributed by atoms with Gasteiger partial charge in [0, 0.05) is 19.3 Å². The van der Waals surface area contributed by atoms with Gasteiger partial charge in [-0.05, 0) is 6.42 Å². The van der Waals surface area contributed by atoms with Crippen molar-refractivity contribution in [1.82, 2.24) is 19.3 Å². The van der Waals surface area contributed by atoms with Crippen LogP contribution in [0.1, 0.15) is 12.6 Å². The molecule has 0 amide bonds. The molecule has 1 N–H and O–H groups in total. The summed E-state index contributed by atoms with van der Waals surface area (Å²) in [4.78, 5) is 25.9. The summed E-state index contributed by atoms with van der Waals surface area (Å²) in [6, 6.07) is 1.16. The molecule has 90 valence electrons. The quantitative estimate of drug-likeness (QED) is 0.792. The van der Waals surface area contributed by atoms with Gasteiger partial charge in [0.25, 0.3) is 5.56 Å². The van der Waals surface area contributed by atoms with Gasteiger partial charge >= 0.3 is 5.69 Å². The van der Waals surface area contributed by atoms with Crippen molar-refractivity contribution in [3.8, 4) is 5.69 Å². The maximum absolute atomic E-state index is 11.8. The van der Waals surface area contributed by atoms with Crippen LogP contribution >= 0.6 is 11.6 Å². The molecule has 6 nitrogen and oxygen atoms in total. The van der Waals surface area contributed by atoms with Crippen molar-refractivity contribution in [3.05, 3.63) is 43.9 Å². The number of H-pyrrole nitrogens is 1.